The summed E-state index contributed by atoms with van der Waals surface area (Å²) in [5.41, 5.74) is 5.54. The third-order valence-electron chi connectivity index (χ3n) is 1.80. The molecule has 1 unspecified atom stereocenters. The molecule has 0 aromatic carbocycles. The molecule has 1 atom stereocenters. The molecule has 5 heteroatoms. The van der Waals surface area contributed by atoms with Crippen LogP contribution in [0.4, 0.5) is 5.95 Å². The Kier molecular flexibility index (Phi) is 4.00. The Morgan fingerprint density at radius 1 is 1.57 bits per heavy atom. The fraction of sp³-hybridized carbons (Fsp3) is 0.556. The van der Waals surface area contributed by atoms with E-state index in [1.54, 1.807) is 24.9 Å². The Bertz CT molecular complexity index is 306. The van der Waals surface area contributed by atoms with Gasteiger partial charge in [0.1, 0.15) is 5.03 Å². The third-order valence-corrected chi connectivity index (χ3v) is 2.99. The highest BCUT2D eigenvalue weighted by Gasteiger charge is 2.06. The van der Waals surface area contributed by atoms with Crippen LogP contribution in [0.25, 0.3) is 0 Å². The van der Waals surface area contributed by atoms with Crippen molar-refractivity contribution in [1.29, 1.82) is 0 Å². The van der Waals surface area contributed by atoms with Crippen molar-refractivity contribution in [1.82, 2.24) is 9.97 Å². The van der Waals surface area contributed by atoms with E-state index in [9.17, 15) is 0 Å². The van der Waals surface area contributed by atoms with E-state index in [-0.39, 0.29) is 5.95 Å². The molecule has 1 aromatic rings. The van der Waals surface area contributed by atoms with Crippen LogP contribution in [0.3, 0.4) is 0 Å². The molecule has 0 saturated heterocycles. The summed E-state index contributed by atoms with van der Waals surface area (Å²) in [7, 11) is 1.57. The second-order valence-corrected chi connectivity index (χ2v) is 4.40. The fourth-order valence-electron chi connectivity index (χ4n) is 0.875. The van der Waals surface area contributed by atoms with E-state index >= 15 is 0 Å². The predicted molar refractivity (Wildman–Crippen MR) is 58.6 cm³/mol. The topological polar surface area (TPSA) is 61.0 Å². The van der Waals surface area contributed by atoms with Crippen molar-refractivity contribution in [2.24, 2.45) is 0 Å². The van der Waals surface area contributed by atoms with Crippen LogP contribution in [0.15, 0.2) is 11.1 Å². The van der Waals surface area contributed by atoms with E-state index in [1.807, 2.05) is 0 Å². The van der Waals surface area contributed by atoms with Gasteiger partial charge in [0, 0.05) is 11.3 Å². The maximum atomic E-state index is 5.54. The average Bonchev–Trinajstić information content (AvgIpc) is 2.16. The molecule has 0 spiro atoms. The van der Waals surface area contributed by atoms with Crippen molar-refractivity contribution in [2.75, 3.05) is 12.8 Å². The lowest BCUT2D eigenvalue weighted by molar-refractivity contribution is 0.396. The van der Waals surface area contributed by atoms with Crippen LogP contribution in [0.1, 0.15) is 20.3 Å². The Morgan fingerprint density at radius 3 is 2.86 bits per heavy atom. The summed E-state index contributed by atoms with van der Waals surface area (Å²) in [6.07, 6.45) is 1.09. The first-order valence-electron chi connectivity index (χ1n) is 4.51. The molecular weight excluding hydrogens is 198 g/mol. The van der Waals surface area contributed by atoms with Crippen molar-refractivity contribution in [3.63, 3.8) is 0 Å². The van der Waals surface area contributed by atoms with Crippen LogP contribution in [-0.4, -0.2) is 22.3 Å². The molecule has 0 saturated carbocycles. The summed E-state index contributed by atoms with van der Waals surface area (Å²) >= 11 is 1.68. The van der Waals surface area contributed by atoms with E-state index in [0.29, 0.717) is 11.1 Å². The summed E-state index contributed by atoms with van der Waals surface area (Å²) in [5, 5.41) is 1.39. The zero-order valence-electron chi connectivity index (χ0n) is 8.65. The first-order chi connectivity index (χ1) is 6.65. The molecule has 4 nitrogen and oxygen atoms in total. The number of ether oxygens (including phenoxy) is 1. The normalized spacial score (nSPS) is 12.5. The Balaban J connectivity index is 2.81. The lowest BCUT2D eigenvalue weighted by Crippen LogP contribution is -2.00. The van der Waals surface area contributed by atoms with Crippen LogP contribution >= 0.6 is 11.8 Å². The molecule has 0 amide bonds. The van der Waals surface area contributed by atoms with Crippen LogP contribution in [-0.2, 0) is 0 Å². The molecule has 0 aliphatic rings. The molecule has 1 heterocycles. The summed E-state index contributed by atoms with van der Waals surface area (Å²) in [6, 6.07) is 1.80. The second-order valence-electron chi connectivity index (χ2n) is 2.94. The quantitative estimate of drug-likeness (QED) is 0.612. The zero-order chi connectivity index (χ0) is 10.6. The first-order valence-corrected chi connectivity index (χ1v) is 5.39. The maximum Gasteiger partial charge on any atom is 0.224 e. The standard InChI is InChI=1S/C9H15N3OS/c1-4-6(2)14-8-5-7(13-3)11-9(10)12-8/h5-6H,4H2,1-3H3,(H2,10,11,12). The summed E-state index contributed by atoms with van der Waals surface area (Å²) in [5.74, 6) is 0.776. The first kappa shape index (κ1) is 11.1. The van der Waals surface area contributed by atoms with Crippen molar-refractivity contribution < 1.29 is 4.74 Å². The highest BCUT2D eigenvalue weighted by atomic mass is 32.2. The van der Waals surface area contributed by atoms with Gasteiger partial charge in [-0.2, -0.15) is 4.98 Å². The summed E-state index contributed by atoms with van der Waals surface area (Å²) in [4.78, 5) is 8.04. The minimum atomic E-state index is 0.259. The average molecular weight is 213 g/mol. The van der Waals surface area contributed by atoms with E-state index < -0.39 is 0 Å². The number of anilines is 1. The summed E-state index contributed by atoms with van der Waals surface area (Å²) < 4.78 is 5.01. The number of aromatic nitrogens is 2. The minimum absolute atomic E-state index is 0.259. The number of thioether (sulfide) groups is 1. The van der Waals surface area contributed by atoms with E-state index in [2.05, 4.69) is 23.8 Å². The van der Waals surface area contributed by atoms with Gasteiger partial charge in [-0.25, -0.2) is 4.98 Å². The number of nitrogens with zero attached hydrogens (tertiary/aromatic N) is 2. The van der Waals surface area contributed by atoms with Crippen molar-refractivity contribution in [2.45, 2.75) is 30.5 Å². The van der Waals surface area contributed by atoms with Crippen molar-refractivity contribution in [3.05, 3.63) is 6.07 Å². The number of nitrogens with two attached hydrogens (primary N) is 1. The molecule has 2 N–H and O–H groups in total. The molecule has 1 aromatic heterocycles. The van der Waals surface area contributed by atoms with Gasteiger partial charge in [0.2, 0.25) is 11.8 Å². The molecule has 0 aliphatic heterocycles. The van der Waals surface area contributed by atoms with Gasteiger partial charge in [-0.15, -0.1) is 11.8 Å². The molecule has 78 valence electrons. The lowest BCUT2D eigenvalue weighted by Gasteiger charge is -2.08. The Labute approximate surface area is 88.3 Å². The molecule has 0 aliphatic carbocycles. The largest absolute Gasteiger partial charge is 0.481 e. The third kappa shape index (κ3) is 3.06. The van der Waals surface area contributed by atoms with Gasteiger partial charge in [0.05, 0.1) is 7.11 Å². The van der Waals surface area contributed by atoms with Crippen LogP contribution < -0.4 is 10.5 Å². The number of hydrogen-bond donors (Lipinski definition) is 1. The fourth-order valence-corrected chi connectivity index (χ4v) is 1.77. The van der Waals surface area contributed by atoms with Gasteiger partial charge in [-0.1, -0.05) is 13.8 Å². The monoisotopic (exact) mass is 213 g/mol. The molecule has 1 rings (SSSR count). The van der Waals surface area contributed by atoms with Crippen LogP contribution in [0.5, 0.6) is 5.88 Å². The van der Waals surface area contributed by atoms with Gasteiger partial charge >= 0.3 is 0 Å². The van der Waals surface area contributed by atoms with Crippen molar-refractivity contribution >= 4 is 17.7 Å². The number of methoxy groups -OCH3 is 1. The van der Waals surface area contributed by atoms with Gasteiger partial charge in [0.15, 0.2) is 0 Å². The number of rotatable bonds is 4. The highest BCUT2D eigenvalue weighted by Crippen LogP contribution is 2.25. The van der Waals surface area contributed by atoms with E-state index in [1.165, 1.54) is 0 Å². The van der Waals surface area contributed by atoms with Crippen LogP contribution in [0.2, 0.25) is 0 Å². The van der Waals surface area contributed by atoms with Gasteiger partial charge in [0.25, 0.3) is 0 Å². The van der Waals surface area contributed by atoms with Gasteiger partial charge < -0.3 is 10.5 Å². The zero-order valence-corrected chi connectivity index (χ0v) is 9.47. The Hall–Kier alpha value is -0.970. The SMILES string of the molecule is CCC(C)Sc1cc(OC)nc(N)n1. The minimum Gasteiger partial charge on any atom is -0.481 e. The smallest absolute Gasteiger partial charge is 0.224 e. The Morgan fingerprint density at radius 2 is 2.29 bits per heavy atom. The lowest BCUT2D eigenvalue weighted by atomic mass is 10.4. The molecule has 0 fully saturated rings. The predicted octanol–water partition coefficient (Wildman–Crippen LogP) is 1.96. The highest BCUT2D eigenvalue weighted by molar-refractivity contribution is 7.99. The van der Waals surface area contributed by atoms with Gasteiger partial charge in [-0.05, 0) is 6.42 Å². The molecule has 0 radical (unpaired) electrons. The summed E-state index contributed by atoms with van der Waals surface area (Å²) in [6.45, 7) is 4.29. The number of nitrogen functional groups attached to an aromatic ring is 1. The van der Waals surface area contributed by atoms with Crippen molar-refractivity contribution in [3.8, 4) is 5.88 Å². The van der Waals surface area contributed by atoms with Crippen LogP contribution in [0, 0.1) is 0 Å². The van der Waals surface area contributed by atoms with E-state index in [0.717, 1.165) is 11.4 Å². The van der Waals surface area contributed by atoms with E-state index in [4.69, 9.17) is 10.5 Å². The second kappa shape index (κ2) is 5.05. The maximum absolute atomic E-state index is 5.54. The molecule has 0 bridgehead atoms. The van der Waals surface area contributed by atoms with Gasteiger partial charge in [-0.3, -0.25) is 0 Å². The number of hydrogen-bond acceptors (Lipinski definition) is 5. The molecule has 14 heavy (non-hydrogen) atoms. The molecular formula is C9H15N3OS.